The standard InChI is InChI=1S/C25H22ClFN6O2/c1-12-23(14(3)33(32-12)13(2)16-6-4-15(11-28)5-7-16)31-25(35)18-9-22(24(29)34)30-21-10-20(27)19(26)8-17(18)21/h4-10,13,25,31,35H,1-3H3,(H2,29,34). The summed E-state index contributed by atoms with van der Waals surface area (Å²) in [4.78, 5) is 15.9. The molecule has 2 aromatic carbocycles. The Bertz CT molecular complexity index is 1490. The highest BCUT2D eigenvalue weighted by Crippen LogP contribution is 2.32. The number of nitriles is 1. The number of anilines is 1. The predicted octanol–water partition coefficient (Wildman–Crippen LogP) is 4.52. The number of fused-ring (bicyclic) bond motifs is 1. The monoisotopic (exact) mass is 492 g/mol. The minimum atomic E-state index is -1.31. The van der Waals surface area contributed by atoms with Crippen molar-refractivity contribution in [1.82, 2.24) is 14.8 Å². The molecule has 4 aromatic rings. The summed E-state index contributed by atoms with van der Waals surface area (Å²) in [5.41, 5.74) is 9.20. The summed E-state index contributed by atoms with van der Waals surface area (Å²) in [6.45, 7) is 5.64. The molecule has 8 nitrogen and oxygen atoms in total. The summed E-state index contributed by atoms with van der Waals surface area (Å²) >= 11 is 5.97. The Morgan fingerprint density at radius 2 is 1.94 bits per heavy atom. The third kappa shape index (κ3) is 4.54. The zero-order valence-electron chi connectivity index (χ0n) is 19.2. The first-order valence-corrected chi connectivity index (χ1v) is 11.1. The smallest absolute Gasteiger partial charge is 0.267 e. The van der Waals surface area contributed by atoms with Gasteiger partial charge in [-0.3, -0.25) is 9.48 Å². The van der Waals surface area contributed by atoms with Gasteiger partial charge in [0.1, 0.15) is 11.5 Å². The highest BCUT2D eigenvalue weighted by molar-refractivity contribution is 6.31. The number of halogens is 2. The number of aliphatic hydroxyl groups is 1. The summed E-state index contributed by atoms with van der Waals surface area (Å²) in [6.07, 6.45) is -1.31. The van der Waals surface area contributed by atoms with E-state index in [1.54, 1.807) is 19.1 Å². The molecule has 0 saturated carbocycles. The summed E-state index contributed by atoms with van der Waals surface area (Å²) in [5.74, 6) is -1.52. The molecule has 0 aliphatic heterocycles. The van der Waals surface area contributed by atoms with Crippen molar-refractivity contribution in [3.05, 3.63) is 87.1 Å². The van der Waals surface area contributed by atoms with Crippen LogP contribution in [0.25, 0.3) is 10.9 Å². The number of nitrogens with zero attached hydrogens (tertiary/aromatic N) is 4. The van der Waals surface area contributed by atoms with Crippen molar-refractivity contribution in [2.45, 2.75) is 33.0 Å². The Labute approximate surface area is 205 Å². The van der Waals surface area contributed by atoms with Crippen LogP contribution in [0.2, 0.25) is 5.02 Å². The van der Waals surface area contributed by atoms with Gasteiger partial charge in [-0.05, 0) is 50.6 Å². The van der Waals surface area contributed by atoms with Gasteiger partial charge in [-0.1, -0.05) is 23.7 Å². The van der Waals surface area contributed by atoms with Crippen LogP contribution in [0.15, 0.2) is 42.5 Å². The summed E-state index contributed by atoms with van der Waals surface area (Å²) in [5, 5.41) is 28.1. The molecule has 4 rings (SSSR count). The van der Waals surface area contributed by atoms with Gasteiger partial charge in [-0.2, -0.15) is 10.4 Å². The first kappa shape index (κ1) is 24.1. The SMILES string of the molecule is Cc1nn(C(C)c2ccc(C#N)cc2)c(C)c1NC(O)c1cc(C(N)=O)nc2cc(F)c(Cl)cc12. The lowest BCUT2D eigenvalue weighted by atomic mass is 10.0. The van der Waals surface area contributed by atoms with Crippen LogP contribution in [0.3, 0.4) is 0 Å². The van der Waals surface area contributed by atoms with Crippen molar-refractivity contribution in [2.75, 3.05) is 5.32 Å². The van der Waals surface area contributed by atoms with E-state index in [0.29, 0.717) is 22.3 Å². The molecule has 0 aliphatic carbocycles. The molecule has 2 heterocycles. The Morgan fingerprint density at radius 1 is 1.26 bits per heavy atom. The zero-order chi connectivity index (χ0) is 25.4. The van der Waals surface area contributed by atoms with Gasteiger partial charge >= 0.3 is 0 Å². The van der Waals surface area contributed by atoms with E-state index in [9.17, 15) is 14.3 Å². The van der Waals surface area contributed by atoms with Crippen LogP contribution >= 0.6 is 11.6 Å². The van der Waals surface area contributed by atoms with E-state index >= 15 is 0 Å². The molecule has 2 aromatic heterocycles. The summed E-state index contributed by atoms with van der Waals surface area (Å²) in [7, 11) is 0. The van der Waals surface area contributed by atoms with Gasteiger partial charge in [0.2, 0.25) is 0 Å². The summed E-state index contributed by atoms with van der Waals surface area (Å²) in [6, 6.07) is 13.0. The van der Waals surface area contributed by atoms with E-state index in [0.717, 1.165) is 17.3 Å². The second-order valence-electron chi connectivity index (χ2n) is 8.19. The van der Waals surface area contributed by atoms with Crippen molar-refractivity contribution >= 4 is 34.1 Å². The van der Waals surface area contributed by atoms with Gasteiger partial charge in [-0.25, -0.2) is 9.37 Å². The molecule has 0 fully saturated rings. The van der Waals surface area contributed by atoms with E-state index in [4.69, 9.17) is 22.6 Å². The lowest BCUT2D eigenvalue weighted by Gasteiger charge is -2.19. The number of hydrogen-bond donors (Lipinski definition) is 3. The zero-order valence-corrected chi connectivity index (χ0v) is 19.9. The predicted molar refractivity (Wildman–Crippen MR) is 130 cm³/mol. The fourth-order valence-electron chi connectivity index (χ4n) is 4.04. The maximum atomic E-state index is 14.0. The third-order valence-corrected chi connectivity index (χ3v) is 6.21. The lowest BCUT2D eigenvalue weighted by molar-refractivity contribution is 0.0995. The molecule has 4 N–H and O–H groups in total. The number of nitrogens with two attached hydrogens (primary N) is 1. The van der Waals surface area contributed by atoms with Gasteiger partial charge in [-0.15, -0.1) is 0 Å². The third-order valence-electron chi connectivity index (χ3n) is 5.92. The normalized spacial score (nSPS) is 12.8. The average Bonchev–Trinajstić information content (AvgIpc) is 3.11. The number of benzene rings is 2. The van der Waals surface area contributed by atoms with E-state index in [2.05, 4.69) is 21.5 Å². The molecule has 2 unspecified atom stereocenters. The molecule has 0 bridgehead atoms. The molecule has 2 atom stereocenters. The maximum Gasteiger partial charge on any atom is 0.267 e. The second-order valence-corrected chi connectivity index (χ2v) is 8.60. The highest BCUT2D eigenvalue weighted by atomic mass is 35.5. The first-order valence-electron chi connectivity index (χ1n) is 10.7. The number of hydrogen-bond acceptors (Lipinski definition) is 6. The van der Waals surface area contributed by atoms with Crippen molar-refractivity contribution < 1.29 is 14.3 Å². The number of aromatic nitrogens is 3. The van der Waals surface area contributed by atoms with Crippen LogP contribution in [-0.4, -0.2) is 25.8 Å². The number of pyridine rings is 1. The topological polar surface area (TPSA) is 130 Å². The number of carbonyl (C=O) groups excluding carboxylic acids is 1. The minimum absolute atomic E-state index is 0.117. The molecular weight excluding hydrogens is 471 g/mol. The molecule has 0 aliphatic rings. The Balaban J connectivity index is 1.72. The average molecular weight is 493 g/mol. The van der Waals surface area contributed by atoms with Gasteiger partial charge in [0, 0.05) is 17.0 Å². The first-order chi connectivity index (χ1) is 16.6. The molecule has 1 amide bonds. The molecule has 35 heavy (non-hydrogen) atoms. The Hall–Kier alpha value is -4.00. The van der Waals surface area contributed by atoms with Crippen molar-refractivity contribution in [3.63, 3.8) is 0 Å². The van der Waals surface area contributed by atoms with Crippen LogP contribution in [0.1, 0.15) is 57.8 Å². The van der Waals surface area contributed by atoms with Gasteiger partial charge < -0.3 is 16.2 Å². The van der Waals surface area contributed by atoms with E-state index in [1.165, 1.54) is 12.1 Å². The van der Waals surface area contributed by atoms with Crippen LogP contribution in [-0.2, 0) is 0 Å². The van der Waals surface area contributed by atoms with E-state index < -0.39 is 18.0 Å². The van der Waals surface area contributed by atoms with Crippen LogP contribution in [0, 0.1) is 31.0 Å². The van der Waals surface area contributed by atoms with Crippen molar-refractivity contribution in [2.24, 2.45) is 5.73 Å². The van der Waals surface area contributed by atoms with Crippen molar-refractivity contribution in [1.29, 1.82) is 5.26 Å². The fraction of sp³-hybridized carbons (Fsp3) is 0.200. The maximum absolute atomic E-state index is 14.0. The van der Waals surface area contributed by atoms with E-state index in [1.807, 2.05) is 30.7 Å². The van der Waals surface area contributed by atoms with Crippen LogP contribution in [0.4, 0.5) is 10.1 Å². The molecule has 0 radical (unpaired) electrons. The minimum Gasteiger partial charge on any atom is -0.369 e. The number of carbonyl (C=O) groups is 1. The molecular formula is C25H22ClFN6O2. The van der Waals surface area contributed by atoms with Crippen molar-refractivity contribution in [3.8, 4) is 6.07 Å². The van der Waals surface area contributed by atoms with Gasteiger partial charge in [0.25, 0.3) is 5.91 Å². The number of amides is 1. The van der Waals surface area contributed by atoms with Gasteiger partial charge in [0.05, 0.1) is 45.3 Å². The Kier molecular flexibility index (Phi) is 6.43. The quantitative estimate of drug-likeness (QED) is 0.339. The molecule has 178 valence electrons. The van der Waals surface area contributed by atoms with Crippen LogP contribution in [0.5, 0.6) is 0 Å². The second kappa shape index (κ2) is 9.33. The fourth-order valence-corrected chi connectivity index (χ4v) is 4.20. The number of aryl methyl sites for hydroxylation is 1. The molecule has 0 spiro atoms. The largest absolute Gasteiger partial charge is 0.369 e. The Morgan fingerprint density at radius 3 is 2.57 bits per heavy atom. The lowest BCUT2D eigenvalue weighted by Crippen LogP contribution is -2.17. The van der Waals surface area contributed by atoms with Crippen LogP contribution < -0.4 is 11.1 Å². The number of nitrogens with one attached hydrogen (secondary N) is 1. The summed E-state index contributed by atoms with van der Waals surface area (Å²) < 4.78 is 15.9. The molecule has 0 saturated heterocycles. The van der Waals surface area contributed by atoms with Gasteiger partial charge in [0.15, 0.2) is 6.23 Å². The highest BCUT2D eigenvalue weighted by Gasteiger charge is 2.22. The number of aliphatic hydroxyl groups excluding tert-OH is 1. The molecule has 10 heteroatoms. The number of rotatable bonds is 6. The number of primary amides is 1. The van der Waals surface area contributed by atoms with E-state index in [-0.39, 0.29) is 27.8 Å².